The number of nitrogens with one attached hydrogen (secondary N) is 2. The first-order valence-electron chi connectivity index (χ1n) is 7.54. The van der Waals surface area contributed by atoms with Crippen LogP contribution in [0.1, 0.15) is 33.6 Å². The molecule has 4 N–H and O–H groups in total. The van der Waals surface area contributed by atoms with Gasteiger partial charge in [-0.1, -0.05) is 0 Å². The van der Waals surface area contributed by atoms with E-state index < -0.39 is 11.7 Å². The highest BCUT2D eigenvalue weighted by atomic mass is 16.6. The number of anilines is 2. The number of carbonyl (C=O) groups excluding carboxylic acids is 1. The van der Waals surface area contributed by atoms with E-state index in [0.29, 0.717) is 5.69 Å². The van der Waals surface area contributed by atoms with Crippen LogP contribution in [-0.2, 0) is 4.74 Å². The molecule has 1 saturated heterocycles. The summed E-state index contributed by atoms with van der Waals surface area (Å²) in [5.74, 6) is 0. The van der Waals surface area contributed by atoms with E-state index in [1.54, 1.807) is 12.4 Å². The number of rotatable bonds is 3. The molecule has 7 nitrogen and oxygen atoms in total. The van der Waals surface area contributed by atoms with E-state index in [9.17, 15) is 4.79 Å². The molecule has 0 aliphatic carbocycles. The number of ether oxygens (including phenoxy) is 1. The second-order valence-corrected chi connectivity index (χ2v) is 6.49. The molecule has 7 heteroatoms. The van der Waals surface area contributed by atoms with Gasteiger partial charge in [-0.05, 0) is 39.7 Å². The van der Waals surface area contributed by atoms with Crippen LogP contribution >= 0.6 is 0 Å². The summed E-state index contributed by atoms with van der Waals surface area (Å²) in [6, 6.07) is 2.06. The summed E-state index contributed by atoms with van der Waals surface area (Å²) in [4.78, 5) is 17.9. The van der Waals surface area contributed by atoms with Crippen molar-refractivity contribution < 1.29 is 9.53 Å². The van der Waals surface area contributed by atoms with Crippen molar-refractivity contribution in [2.24, 2.45) is 0 Å². The highest BCUT2D eigenvalue weighted by molar-refractivity contribution is 5.67. The Bertz CT molecular complexity index is 515. The molecular weight excluding hydrogens is 282 g/mol. The molecule has 1 aliphatic rings. The zero-order valence-electron chi connectivity index (χ0n) is 13.4. The number of pyridine rings is 1. The van der Waals surface area contributed by atoms with Crippen molar-refractivity contribution in [2.45, 2.75) is 45.3 Å². The standard InChI is InChI=1S/C15H25N5O2/c1-15(2,3)22-14(21)19-18-11-5-4-8-20(10-11)13-6-7-17-9-12(13)16/h6-7,9,11,18H,4-5,8,10,16H2,1-3H3,(H,19,21). The molecule has 0 aromatic carbocycles. The molecule has 2 rings (SSSR count). The Kier molecular flexibility index (Phi) is 5.07. The third-order valence-corrected chi connectivity index (χ3v) is 3.37. The lowest BCUT2D eigenvalue weighted by molar-refractivity contribution is 0.0485. The molecule has 1 aromatic heterocycles. The summed E-state index contributed by atoms with van der Waals surface area (Å²) in [5.41, 5.74) is 12.8. The summed E-state index contributed by atoms with van der Waals surface area (Å²) in [5, 5.41) is 0. The highest BCUT2D eigenvalue weighted by Gasteiger charge is 2.22. The van der Waals surface area contributed by atoms with E-state index in [-0.39, 0.29) is 6.04 Å². The van der Waals surface area contributed by atoms with Gasteiger partial charge in [-0.2, -0.15) is 0 Å². The minimum Gasteiger partial charge on any atom is -0.443 e. The van der Waals surface area contributed by atoms with Crippen LogP contribution in [0.2, 0.25) is 0 Å². The minimum atomic E-state index is -0.504. The Morgan fingerprint density at radius 2 is 2.27 bits per heavy atom. The first kappa shape index (κ1) is 16.4. The summed E-state index contributed by atoms with van der Waals surface area (Å²) in [6.07, 6.45) is 4.94. The van der Waals surface area contributed by atoms with E-state index in [1.807, 2.05) is 26.8 Å². The van der Waals surface area contributed by atoms with Crippen LogP contribution in [-0.4, -0.2) is 35.8 Å². The van der Waals surface area contributed by atoms with Gasteiger partial charge in [0.25, 0.3) is 0 Å². The Morgan fingerprint density at radius 3 is 2.95 bits per heavy atom. The summed E-state index contributed by atoms with van der Waals surface area (Å²) in [6.45, 7) is 7.21. The number of hydrazine groups is 1. The summed E-state index contributed by atoms with van der Waals surface area (Å²) >= 11 is 0. The molecule has 1 aliphatic heterocycles. The molecule has 2 heterocycles. The minimum absolute atomic E-state index is 0.147. The van der Waals surface area contributed by atoms with Gasteiger partial charge < -0.3 is 15.4 Å². The molecule has 122 valence electrons. The van der Waals surface area contributed by atoms with Gasteiger partial charge in [0.1, 0.15) is 5.60 Å². The number of carbonyl (C=O) groups is 1. The van der Waals surface area contributed by atoms with Crippen LogP contribution < -0.4 is 21.5 Å². The van der Waals surface area contributed by atoms with Gasteiger partial charge in [-0.25, -0.2) is 10.2 Å². The van der Waals surface area contributed by atoms with Crippen LogP contribution in [0.5, 0.6) is 0 Å². The number of piperidine rings is 1. The van der Waals surface area contributed by atoms with Crippen molar-refractivity contribution in [3.05, 3.63) is 18.5 Å². The zero-order chi connectivity index (χ0) is 16.2. The van der Waals surface area contributed by atoms with Crippen LogP contribution in [0.4, 0.5) is 16.2 Å². The number of aromatic nitrogens is 1. The third kappa shape index (κ3) is 4.77. The average molecular weight is 307 g/mol. The lowest BCUT2D eigenvalue weighted by atomic mass is 10.1. The SMILES string of the molecule is CC(C)(C)OC(=O)NNC1CCCN(c2ccncc2N)C1. The van der Waals surface area contributed by atoms with E-state index in [1.165, 1.54) is 0 Å². The Labute approximate surface area is 131 Å². The third-order valence-electron chi connectivity index (χ3n) is 3.37. The van der Waals surface area contributed by atoms with Crippen LogP contribution in [0, 0.1) is 0 Å². The van der Waals surface area contributed by atoms with Crippen molar-refractivity contribution >= 4 is 17.5 Å². The Morgan fingerprint density at radius 1 is 1.50 bits per heavy atom. The number of hydrogen-bond donors (Lipinski definition) is 3. The highest BCUT2D eigenvalue weighted by Crippen LogP contribution is 2.24. The predicted octanol–water partition coefficient (Wildman–Crippen LogP) is 1.66. The van der Waals surface area contributed by atoms with Gasteiger partial charge in [0.15, 0.2) is 0 Å². The molecule has 1 fully saturated rings. The first-order chi connectivity index (χ1) is 10.3. The zero-order valence-corrected chi connectivity index (χ0v) is 13.4. The van der Waals surface area contributed by atoms with Crippen LogP contribution in [0.15, 0.2) is 18.5 Å². The first-order valence-corrected chi connectivity index (χ1v) is 7.54. The van der Waals surface area contributed by atoms with E-state index >= 15 is 0 Å². The van der Waals surface area contributed by atoms with Crippen molar-refractivity contribution in [1.29, 1.82) is 0 Å². The Hall–Kier alpha value is -2.02. The predicted molar refractivity (Wildman–Crippen MR) is 86.4 cm³/mol. The fraction of sp³-hybridized carbons (Fsp3) is 0.600. The van der Waals surface area contributed by atoms with E-state index in [4.69, 9.17) is 10.5 Å². The smallest absolute Gasteiger partial charge is 0.422 e. The molecule has 0 bridgehead atoms. The normalized spacial score (nSPS) is 18.9. The van der Waals surface area contributed by atoms with Crippen LogP contribution in [0.3, 0.4) is 0 Å². The molecule has 0 saturated carbocycles. The van der Waals surface area contributed by atoms with Gasteiger partial charge in [-0.3, -0.25) is 10.4 Å². The van der Waals surface area contributed by atoms with Crippen molar-refractivity contribution in [2.75, 3.05) is 23.7 Å². The van der Waals surface area contributed by atoms with E-state index in [2.05, 4.69) is 20.7 Å². The van der Waals surface area contributed by atoms with Gasteiger partial charge in [0.05, 0.1) is 17.6 Å². The molecule has 0 radical (unpaired) electrons. The summed E-state index contributed by atoms with van der Waals surface area (Å²) < 4.78 is 5.20. The number of nitrogens with zero attached hydrogens (tertiary/aromatic N) is 2. The topological polar surface area (TPSA) is 92.5 Å². The van der Waals surface area contributed by atoms with Crippen molar-refractivity contribution in [3.8, 4) is 0 Å². The largest absolute Gasteiger partial charge is 0.443 e. The maximum atomic E-state index is 11.7. The fourth-order valence-electron chi connectivity index (χ4n) is 2.47. The molecule has 1 amide bonds. The van der Waals surface area contributed by atoms with Crippen molar-refractivity contribution in [3.63, 3.8) is 0 Å². The number of hydrogen-bond acceptors (Lipinski definition) is 6. The molecule has 22 heavy (non-hydrogen) atoms. The van der Waals surface area contributed by atoms with Crippen LogP contribution in [0.25, 0.3) is 0 Å². The molecule has 1 aromatic rings. The molecule has 1 unspecified atom stereocenters. The lowest BCUT2D eigenvalue weighted by Crippen LogP contribution is -2.53. The number of nitrogen functional groups attached to an aromatic ring is 1. The Balaban J connectivity index is 1.86. The van der Waals surface area contributed by atoms with Gasteiger partial charge in [0.2, 0.25) is 0 Å². The molecule has 1 atom stereocenters. The van der Waals surface area contributed by atoms with E-state index in [0.717, 1.165) is 31.6 Å². The van der Waals surface area contributed by atoms with Crippen molar-refractivity contribution in [1.82, 2.24) is 15.8 Å². The maximum Gasteiger partial charge on any atom is 0.422 e. The van der Waals surface area contributed by atoms with Gasteiger partial charge in [0, 0.05) is 25.3 Å². The molecule has 0 spiro atoms. The summed E-state index contributed by atoms with van der Waals surface area (Å²) in [7, 11) is 0. The average Bonchev–Trinajstić information content (AvgIpc) is 2.44. The van der Waals surface area contributed by atoms with Gasteiger partial charge in [-0.15, -0.1) is 0 Å². The second-order valence-electron chi connectivity index (χ2n) is 6.49. The number of nitrogens with two attached hydrogens (primary N) is 1. The monoisotopic (exact) mass is 307 g/mol. The second kappa shape index (κ2) is 6.83. The number of amides is 1. The van der Waals surface area contributed by atoms with Gasteiger partial charge >= 0.3 is 6.09 Å². The molecular formula is C15H25N5O2. The maximum absolute atomic E-state index is 11.7. The quantitative estimate of drug-likeness (QED) is 0.736. The fourth-order valence-corrected chi connectivity index (χ4v) is 2.47. The lowest BCUT2D eigenvalue weighted by Gasteiger charge is -2.35.